The molecule has 0 fully saturated rings. The molecule has 2 aromatic rings. The summed E-state index contributed by atoms with van der Waals surface area (Å²) in [6, 6.07) is 14.8. The van der Waals surface area contributed by atoms with Crippen LogP contribution in [0.25, 0.3) is 0 Å². The number of hydrogen-bond donors (Lipinski definition) is 1. The van der Waals surface area contributed by atoms with Crippen LogP contribution in [0.4, 0.5) is 5.69 Å². The normalized spacial score (nSPS) is 12.1. The van der Waals surface area contributed by atoms with E-state index >= 15 is 0 Å². The largest absolute Gasteiger partial charge is 0.399 e. The van der Waals surface area contributed by atoms with Crippen molar-refractivity contribution in [3.05, 3.63) is 64.7 Å². The van der Waals surface area contributed by atoms with E-state index in [-0.39, 0.29) is 11.7 Å². The summed E-state index contributed by atoms with van der Waals surface area (Å²) in [5.41, 5.74) is 8.08. The maximum atomic E-state index is 12.2. The first-order chi connectivity index (χ1) is 9.08. The van der Waals surface area contributed by atoms with Crippen LogP contribution in [0.2, 0.25) is 5.02 Å². The van der Waals surface area contributed by atoms with Gasteiger partial charge in [0.05, 0.1) is 5.02 Å². The Bertz CT molecular complexity index is 578. The van der Waals surface area contributed by atoms with Crippen molar-refractivity contribution in [2.45, 2.75) is 19.3 Å². The fraction of sp³-hybridized carbons (Fsp3) is 0.188. The molecule has 2 nitrogen and oxygen atoms in total. The molecule has 0 saturated heterocycles. The van der Waals surface area contributed by atoms with Crippen LogP contribution in [0.1, 0.15) is 35.2 Å². The average Bonchev–Trinajstić information content (AvgIpc) is 2.39. The zero-order chi connectivity index (χ0) is 13.8. The van der Waals surface area contributed by atoms with Crippen LogP contribution >= 0.6 is 11.6 Å². The Labute approximate surface area is 118 Å². The van der Waals surface area contributed by atoms with Crippen molar-refractivity contribution in [3.8, 4) is 0 Å². The van der Waals surface area contributed by atoms with Crippen molar-refractivity contribution < 1.29 is 4.79 Å². The highest BCUT2D eigenvalue weighted by molar-refractivity contribution is 6.33. The van der Waals surface area contributed by atoms with Gasteiger partial charge in [-0.3, -0.25) is 4.79 Å². The van der Waals surface area contributed by atoms with Gasteiger partial charge in [-0.15, -0.1) is 0 Å². The smallest absolute Gasteiger partial charge is 0.164 e. The summed E-state index contributed by atoms with van der Waals surface area (Å²) in [7, 11) is 0. The zero-order valence-electron chi connectivity index (χ0n) is 10.8. The topological polar surface area (TPSA) is 43.1 Å². The van der Waals surface area contributed by atoms with Crippen molar-refractivity contribution in [1.29, 1.82) is 0 Å². The second kappa shape index (κ2) is 5.89. The average molecular weight is 274 g/mol. The fourth-order valence-corrected chi connectivity index (χ4v) is 2.26. The third kappa shape index (κ3) is 3.36. The van der Waals surface area contributed by atoms with Crippen LogP contribution in [-0.2, 0) is 0 Å². The highest BCUT2D eigenvalue weighted by atomic mass is 35.5. The van der Waals surface area contributed by atoms with Crippen LogP contribution in [0.3, 0.4) is 0 Å². The van der Waals surface area contributed by atoms with Crippen molar-refractivity contribution in [3.63, 3.8) is 0 Å². The molecule has 0 heterocycles. The molecule has 0 radical (unpaired) electrons. The lowest BCUT2D eigenvalue weighted by Crippen LogP contribution is -2.05. The number of carbonyl (C=O) groups is 1. The second-order valence-corrected chi connectivity index (χ2v) is 5.08. The van der Waals surface area contributed by atoms with Crippen LogP contribution < -0.4 is 5.73 Å². The molecule has 0 aliphatic carbocycles. The molecule has 0 bridgehead atoms. The van der Waals surface area contributed by atoms with Gasteiger partial charge in [-0.1, -0.05) is 42.8 Å². The Morgan fingerprint density at radius 2 is 1.79 bits per heavy atom. The third-order valence-corrected chi connectivity index (χ3v) is 3.50. The van der Waals surface area contributed by atoms with Gasteiger partial charge in [-0.25, -0.2) is 0 Å². The van der Waals surface area contributed by atoms with Crippen molar-refractivity contribution in [2.24, 2.45) is 0 Å². The lowest BCUT2D eigenvalue weighted by atomic mass is 9.93. The Morgan fingerprint density at radius 3 is 2.42 bits per heavy atom. The summed E-state index contributed by atoms with van der Waals surface area (Å²) in [6.45, 7) is 2.03. The molecule has 98 valence electrons. The number of Topliss-reactive ketones (excluding diaryl/α,β-unsaturated/α-hetero) is 1. The summed E-state index contributed by atoms with van der Waals surface area (Å²) in [4.78, 5) is 12.2. The lowest BCUT2D eigenvalue weighted by Gasteiger charge is -2.12. The molecule has 19 heavy (non-hydrogen) atoms. The van der Waals surface area contributed by atoms with Crippen molar-refractivity contribution in [1.82, 2.24) is 0 Å². The first kappa shape index (κ1) is 13.6. The second-order valence-electron chi connectivity index (χ2n) is 4.67. The highest BCUT2D eigenvalue weighted by Gasteiger charge is 2.15. The molecule has 0 saturated carbocycles. The van der Waals surface area contributed by atoms with Crippen LogP contribution in [0.5, 0.6) is 0 Å². The van der Waals surface area contributed by atoms with Gasteiger partial charge in [0.25, 0.3) is 0 Å². The van der Waals surface area contributed by atoms with Gasteiger partial charge in [0.15, 0.2) is 5.78 Å². The van der Waals surface area contributed by atoms with E-state index in [0.29, 0.717) is 17.0 Å². The zero-order valence-corrected chi connectivity index (χ0v) is 11.5. The van der Waals surface area contributed by atoms with Crippen LogP contribution in [0.15, 0.2) is 48.5 Å². The molecule has 0 aliphatic heterocycles. The number of halogens is 1. The third-order valence-electron chi connectivity index (χ3n) is 3.17. The van der Waals surface area contributed by atoms with Crippen LogP contribution in [-0.4, -0.2) is 5.78 Å². The van der Waals surface area contributed by atoms with Crippen molar-refractivity contribution >= 4 is 23.1 Å². The van der Waals surface area contributed by atoms with E-state index < -0.39 is 0 Å². The van der Waals surface area contributed by atoms with Crippen LogP contribution in [0, 0.1) is 0 Å². The van der Waals surface area contributed by atoms with E-state index in [2.05, 4.69) is 0 Å². The molecule has 3 heteroatoms. The van der Waals surface area contributed by atoms with Gasteiger partial charge in [0.2, 0.25) is 0 Å². The minimum Gasteiger partial charge on any atom is -0.399 e. The number of anilines is 1. The summed E-state index contributed by atoms with van der Waals surface area (Å²) in [6.07, 6.45) is 0.438. The highest BCUT2D eigenvalue weighted by Crippen LogP contribution is 2.24. The standard InChI is InChI=1S/C16H16ClNO/c1-11(12-6-8-13(18)9-7-12)10-16(19)14-4-2-3-5-15(14)17/h2-9,11H,10,18H2,1H3. The summed E-state index contributed by atoms with van der Waals surface area (Å²) >= 11 is 6.03. The van der Waals surface area contributed by atoms with Gasteiger partial charge in [0.1, 0.15) is 0 Å². The first-order valence-corrected chi connectivity index (χ1v) is 6.59. The number of rotatable bonds is 4. The number of nitrogen functional groups attached to an aromatic ring is 1. The Balaban J connectivity index is 2.11. The van der Waals surface area contributed by atoms with Gasteiger partial charge in [0, 0.05) is 17.7 Å². The van der Waals surface area contributed by atoms with Crippen molar-refractivity contribution in [2.75, 3.05) is 5.73 Å². The molecule has 0 amide bonds. The minimum atomic E-state index is 0.0647. The molecule has 2 N–H and O–H groups in total. The summed E-state index contributed by atoms with van der Waals surface area (Å²) in [5, 5.41) is 0.511. The Kier molecular flexibility index (Phi) is 4.23. The van der Waals surface area contributed by atoms with Gasteiger partial charge in [-0.05, 0) is 35.7 Å². The molecule has 1 atom stereocenters. The SMILES string of the molecule is CC(CC(=O)c1ccccc1Cl)c1ccc(N)cc1. The summed E-state index contributed by atoms with van der Waals surface area (Å²) in [5.74, 6) is 0.208. The molecule has 2 rings (SSSR count). The van der Waals surface area contributed by atoms with E-state index in [1.807, 2.05) is 43.3 Å². The minimum absolute atomic E-state index is 0.0647. The molecular weight excluding hydrogens is 258 g/mol. The molecule has 2 aromatic carbocycles. The predicted molar refractivity (Wildman–Crippen MR) is 79.7 cm³/mol. The van der Waals surface area contributed by atoms with E-state index in [0.717, 1.165) is 11.3 Å². The first-order valence-electron chi connectivity index (χ1n) is 6.21. The number of hydrogen-bond acceptors (Lipinski definition) is 2. The predicted octanol–water partition coefficient (Wildman–Crippen LogP) is 4.30. The fourth-order valence-electron chi connectivity index (χ4n) is 2.02. The number of benzene rings is 2. The van der Waals surface area contributed by atoms with E-state index in [9.17, 15) is 4.79 Å². The van der Waals surface area contributed by atoms with Gasteiger partial charge < -0.3 is 5.73 Å². The molecule has 1 unspecified atom stereocenters. The quantitative estimate of drug-likeness (QED) is 0.667. The monoisotopic (exact) mass is 273 g/mol. The summed E-state index contributed by atoms with van der Waals surface area (Å²) < 4.78 is 0. The maximum absolute atomic E-state index is 12.2. The van der Waals surface area contributed by atoms with E-state index in [4.69, 9.17) is 17.3 Å². The maximum Gasteiger partial charge on any atom is 0.164 e. The Morgan fingerprint density at radius 1 is 1.16 bits per heavy atom. The van der Waals surface area contributed by atoms with Gasteiger partial charge in [-0.2, -0.15) is 0 Å². The molecular formula is C16H16ClNO. The van der Waals surface area contributed by atoms with E-state index in [1.54, 1.807) is 12.1 Å². The molecule has 0 spiro atoms. The number of carbonyl (C=O) groups excluding carboxylic acids is 1. The number of nitrogens with two attached hydrogens (primary N) is 1. The number of ketones is 1. The molecule has 0 aliphatic rings. The van der Waals surface area contributed by atoms with Gasteiger partial charge >= 0.3 is 0 Å². The lowest BCUT2D eigenvalue weighted by molar-refractivity contribution is 0.0976. The Hall–Kier alpha value is -1.80. The molecule has 0 aromatic heterocycles. The van der Waals surface area contributed by atoms with E-state index in [1.165, 1.54) is 0 Å².